The minimum atomic E-state index is 0. The van der Waals surface area contributed by atoms with E-state index < -0.39 is 0 Å². The molecule has 3 aliphatic rings. The molecule has 3 rings (SSSR count). The lowest BCUT2D eigenvalue weighted by molar-refractivity contribution is -0.130. The molecule has 0 unspecified atom stereocenters. The van der Waals surface area contributed by atoms with Crippen LogP contribution in [0.15, 0.2) is 4.99 Å². The highest BCUT2D eigenvalue weighted by atomic mass is 127. The molecule has 0 aromatic carbocycles. The predicted octanol–water partition coefficient (Wildman–Crippen LogP) is 2.46. The maximum absolute atomic E-state index is 12.3. The van der Waals surface area contributed by atoms with Gasteiger partial charge in [0.25, 0.3) is 0 Å². The van der Waals surface area contributed by atoms with Crippen molar-refractivity contribution in [2.45, 2.75) is 51.9 Å². The average molecular weight is 434 g/mol. The minimum absolute atomic E-state index is 0. The van der Waals surface area contributed by atoms with Gasteiger partial charge in [-0.15, -0.1) is 24.0 Å². The van der Waals surface area contributed by atoms with Crippen molar-refractivity contribution in [1.29, 1.82) is 0 Å². The Morgan fingerprint density at radius 2 is 1.78 bits per heavy atom. The topological polar surface area (TPSA) is 47.9 Å². The number of aliphatic imine (C=N–C) groups is 1. The van der Waals surface area contributed by atoms with Crippen molar-refractivity contribution in [3.63, 3.8) is 0 Å². The SMILES string of the molecule is CCNC(=NCC(=O)N1CCCCC1)N1CCC2(CCC2)C1.I. The van der Waals surface area contributed by atoms with Gasteiger partial charge in [-0.3, -0.25) is 4.79 Å². The van der Waals surface area contributed by atoms with Gasteiger partial charge < -0.3 is 15.1 Å². The highest BCUT2D eigenvalue weighted by Gasteiger charge is 2.43. The van der Waals surface area contributed by atoms with Crippen LogP contribution < -0.4 is 5.32 Å². The van der Waals surface area contributed by atoms with Crippen molar-refractivity contribution in [2.75, 3.05) is 39.3 Å². The van der Waals surface area contributed by atoms with Gasteiger partial charge in [-0.25, -0.2) is 4.99 Å². The van der Waals surface area contributed by atoms with Crippen LogP contribution in [0.25, 0.3) is 0 Å². The normalized spacial score (nSPS) is 23.4. The van der Waals surface area contributed by atoms with E-state index in [4.69, 9.17) is 0 Å². The summed E-state index contributed by atoms with van der Waals surface area (Å²) in [5.41, 5.74) is 0.563. The number of rotatable bonds is 3. The fourth-order valence-electron chi connectivity index (χ4n) is 4.01. The van der Waals surface area contributed by atoms with Crippen molar-refractivity contribution in [3.05, 3.63) is 0 Å². The molecule has 2 heterocycles. The Kier molecular flexibility index (Phi) is 6.98. The summed E-state index contributed by atoms with van der Waals surface area (Å²) < 4.78 is 0. The van der Waals surface area contributed by atoms with Gasteiger partial charge in [0.15, 0.2) is 5.96 Å². The van der Waals surface area contributed by atoms with Gasteiger partial charge in [0.1, 0.15) is 6.54 Å². The molecule has 132 valence electrons. The second-order valence-corrected chi connectivity index (χ2v) is 7.14. The van der Waals surface area contributed by atoms with Crippen LogP contribution in [-0.4, -0.2) is 60.9 Å². The molecular formula is C17H31IN4O. The van der Waals surface area contributed by atoms with Gasteiger partial charge in [0.05, 0.1) is 0 Å². The van der Waals surface area contributed by atoms with Crippen LogP contribution in [0.1, 0.15) is 51.9 Å². The zero-order chi connectivity index (χ0) is 15.4. The summed E-state index contributed by atoms with van der Waals surface area (Å²) in [6, 6.07) is 0. The lowest BCUT2D eigenvalue weighted by Gasteiger charge is -2.38. The average Bonchev–Trinajstić information content (AvgIpc) is 2.98. The Labute approximate surface area is 157 Å². The first-order valence-electron chi connectivity index (χ1n) is 9.03. The van der Waals surface area contributed by atoms with E-state index >= 15 is 0 Å². The number of carbonyl (C=O) groups excluding carboxylic acids is 1. The Bertz CT molecular complexity index is 430. The molecule has 0 radical (unpaired) electrons. The smallest absolute Gasteiger partial charge is 0.244 e. The molecule has 5 nitrogen and oxygen atoms in total. The molecule has 0 bridgehead atoms. The van der Waals surface area contributed by atoms with Crippen LogP contribution >= 0.6 is 24.0 Å². The molecule has 2 saturated heterocycles. The number of amides is 1. The van der Waals surface area contributed by atoms with E-state index in [1.165, 1.54) is 32.1 Å². The molecule has 1 N–H and O–H groups in total. The first kappa shape index (κ1) is 18.8. The number of nitrogens with zero attached hydrogens (tertiary/aromatic N) is 3. The van der Waals surface area contributed by atoms with Crippen LogP contribution in [0.2, 0.25) is 0 Å². The van der Waals surface area contributed by atoms with Crippen molar-refractivity contribution < 1.29 is 4.79 Å². The summed E-state index contributed by atoms with van der Waals surface area (Å²) in [6.45, 7) is 7.29. The Morgan fingerprint density at radius 3 is 2.35 bits per heavy atom. The molecule has 0 aromatic rings. The lowest BCUT2D eigenvalue weighted by atomic mass is 9.68. The highest BCUT2D eigenvalue weighted by Crippen LogP contribution is 2.47. The lowest BCUT2D eigenvalue weighted by Crippen LogP contribution is -2.43. The number of hydrogen-bond acceptors (Lipinski definition) is 2. The fraction of sp³-hybridized carbons (Fsp3) is 0.882. The Hall–Kier alpha value is -0.530. The van der Waals surface area contributed by atoms with Gasteiger partial charge in [-0.2, -0.15) is 0 Å². The number of nitrogens with one attached hydrogen (secondary N) is 1. The summed E-state index contributed by atoms with van der Waals surface area (Å²) in [5.74, 6) is 1.13. The molecule has 1 saturated carbocycles. The molecule has 23 heavy (non-hydrogen) atoms. The number of guanidine groups is 1. The van der Waals surface area contributed by atoms with Crippen LogP contribution in [0.4, 0.5) is 0 Å². The minimum Gasteiger partial charge on any atom is -0.357 e. The maximum Gasteiger partial charge on any atom is 0.244 e. The second-order valence-electron chi connectivity index (χ2n) is 7.14. The van der Waals surface area contributed by atoms with E-state index in [9.17, 15) is 4.79 Å². The van der Waals surface area contributed by atoms with Crippen molar-refractivity contribution in [2.24, 2.45) is 10.4 Å². The van der Waals surface area contributed by atoms with E-state index in [-0.39, 0.29) is 29.9 Å². The summed E-state index contributed by atoms with van der Waals surface area (Å²) in [5, 5.41) is 3.37. The first-order valence-corrected chi connectivity index (χ1v) is 9.03. The van der Waals surface area contributed by atoms with E-state index in [1.54, 1.807) is 0 Å². The van der Waals surface area contributed by atoms with Gasteiger partial charge in [0, 0.05) is 32.7 Å². The number of likely N-dealkylation sites (tertiary alicyclic amines) is 2. The molecule has 2 aliphatic heterocycles. The summed E-state index contributed by atoms with van der Waals surface area (Å²) in [6.07, 6.45) is 8.96. The first-order chi connectivity index (χ1) is 10.7. The van der Waals surface area contributed by atoms with Gasteiger partial charge in [0.2, 0.25) is 5.91 Å². The molecule has 1 aliphatic carbocycles. The number of hydrogen-bond donors (Lipinski definition) is 1. The highest BCUT2D eigenvalue weighted by molar-refractivity contribution is 14.0. The molecule has 0 aromatic heterocycles. The fourth-order valence-corrected chi connectivity index (χ4v) is 4.01. The van der Waals surface area contributed by atoms with Crippen molar-refractivity contribution in [3.8, 4) is 0 Å². The quantitative estimate of drug-likeness (QED) is 0.422. The van der Waals surface area contributed by atoms with E-state index in [1.807, 2.05) is 4.90 Å². The van der Waals surface area contributed by atoms with Crippen molar-refractivity contribution >= 4 is 35.8 Å². The molecular weight excluding hydrogens is 403 g/mol. The van der Waals surface area contributed by atoms with E-state index in [0.717, 1.165) is 51.5 Å². The number of carbonyl (C=O) groups is 1. The standard InChI is InChI=1S/C17H30N4O.HI/c1-2-18-16(21-12-9-17(14-21)7-6-8-17)19-13-15(22)20-10-4-3-5-11-20;/h2-14H2,1H3,(H,18,19);1H. The molecule has 3 fully saturated rings. The van der Waals surface area contributed by atoms with E-state index in [0.29, 0.717) is 12.0 Å². The van der Waals surface area contributed by atoms with Gasteiger partial charge in [-0.1, -0.05) is 6.42 Å². The van der Waals surface area contributed by atoms with E-state index in [2.05, 4.69) is 22.1 Å². The summed E-state index contributed by atoms with van der Waals surface area (Å²) in [4.78, 5) is 21.3. The zero-order valence-corrected chi connectivity index (χ0v) is 16.7. The predicted molar refractivity (Wildman–Crippen MR) is 104 cm³/mol. The number of piperidine rings is 1. The maximum atomic E-state index is 12.3. The van der Waals surface area contributed by atoms with Crippen LogP contribution in [-0.2, 0) is 4.79 Å². The molecule has 1 spiro atoms. The third-order valence-corrected chi connectivity index (χ3v) is 5.56. The van der Waals surface area contributed by atoms with Crippen LogP contribution in [0, 0.1) is 5.41 Å². The van der Waals surface area contributed by atoms with Gasteiger partial charge in [-0.05, 0) is 50.9 Å². The molecule has 6 heteroatoms. The Balaban J connectivity index is 0.00000192. The third kappa shape index (κ3) is 4.51. The summed E-state index contributed by atoms with van der Waals surface area (Å²) in [7, 11) is 0. The van der Waals surface area contributed by atoms with Crippen LogP contribution in [0.3, 0.4) is 0 Å². The number of halogens is 1. The monoisotopic (exact) mass is 434 g/mol. The third-order valence-electron chi connectivity index (χ3n) is 5.56. The molecule has 1 amide bonds. The van der Waals surface area contributed by atoms with Crippen LogP contribution in [0.5, 0.6) is 0 Å². The largest absolute Gasteiger partial charge is 0.357 e. The molecule has 0 atom stereocenters. The summed E-state index contributed by atoms with van der Waals surface area (Å²) >= 11 is 0. The van der Waals surface area contributed by atoms with Gasteiger partial charge >= 0.3 is 0 Å². The second kappa shape index (κ2) is 8.53. The Morgan fingerprint density at radius 1 is 1.04 bits per heavy atom. The van der Waals surface area contributed by atoms with Crippen molar-refractivity contribution in [1.82, 2.24) is 15.1 Å². The zero-order valence-electron chi connectivity index (χ0n) is 14.4.